The van der Waals surface area contributed by atoms with Gasteiger partial charge in [0, 0.05) is 34.9 Å². The highest BCUT2D eigenvalue weighted by Gasteiger charge is 2.39. The minimum Gasteiger partial charge on any atom is -0.322 e. The number of aromatic nitrogens is 3. The van der Waals surface area contributed by atoms with Gasteiger partial charge in [-0.15, -0.1) is 0 Å². The fourth-order valence-corrected chi connectivity index (χ4v) is 3.43. The molecule has 2 aromatic heterocycles. The van der Waals surface area contributed by atoms with Gasteiger partial charge in [0.25, 0.3) is 5.91 Å². The zero-order valence-electron chi connectivity index (χ0n) is 14.8. The first-order valence-corrected chi connectivity index (χ1v) is 8.93. The van der Waals surface area contributed by atoms with Crippen molar-refractivity contribution in [3.8, 4) is 5.69 Å². The third-order valence-corrected chi connectivity index (χ3v) is 4.76. The fourth-order valence-electron chi connectivity index (χ4n) is 3.43. The maximum atomic E-state index is 13.3. The third-order valence-electron chi connectivity index (χ3n) is 4.76. The first-order valence-electron chi connectivity index (χ1n) is 8.93. The highest BCUT2D eigenvalue weighted by atomic mass is 19.4. The Labute approximate surface area is 159 Å². The smallest absolute Gasteiger partial charge is 0.322 e. The van der Waals surface area contributed by atoms with Crippen LogP contribution in [0, 0.1) is 0 Å². The molecule has 1 aliphatic rings. The number of carbonyl (C=O) groups excluding carboxylic acids is 1. The van der Waals surface area contributed by atoms with Gasteiger partial charge in [0.15, 0.2) is 5.69 Å². The second-order valence-corrected chi connectivity index (χ2v) is 6.63. The average molecular weight is 386 g/mol. The van der Waals surface area contributed by atoms with Crippen LogP contribution in [-0.2, 0) is 19.0 Å². The molecule has 1 amide bonds. The first kappa shape index (κ1) is 18.2. The standard InChI is InChI=1S/C20H17F3N4O/c21-20(22,23)18-16-3-1-2-4-17(16)27(26-18)15-7-5-13(6-8-15)19(28)25-14-9-11-24-12-10-14/h5-12H,1-4H2,(H,24,25,28). The molecule has 0 saturated carbocycles. The number of pyridine rings is 1. The predicted octanol–water partition coefficient (Wildman–Crippen LogP) is 4.42. The lowest BCUT2D eigenvalue weighted by atomic mass is 9.95. The number of nitrogens with one attached hydrogen (secondary N) is 1. The molecule has 2 heterocycles. The third kappa shape index (κ3) is 3.49. The van der Waals surface area contributed by atoms with Gasteiger partial charge in [0.1, 0.15) is 0 Å². The van der Waals surface area contributed by atoms with Gasteiger partial charge >= 0.3 is 6.18 Å². The van der Waals surface area contributed by atoms with E-state index < -0.39 is 11.9 Å². The molecule has 1 N–H and O–H groups in total. The van der Waals surface area contributed by atoms with E-state index in [1.165, 1.54) is 4.68 Å². The summed E-state index contributed by atoms with van der Waals surface area (Å²) >= 11 is 0. The number of nitrogens with zero attached hydrogens (tertiary/aromatic N) is 3. The summed E-state index contributed by atoms with van der Waals surface area (Å²) in [5.74, 6) is -0.309. The quantitative estimate of drug-likeness (QED) is 0.725. The van der Waals surface area contributed by atoms with Crippen molar-refractivity contribution in [2.45, 2.75) is 31.9 Å². The van der Waals surface area contributed by atoms with Crippen LogP contribution in [0.15, 0.2) is 48.8 Å². The molecule has 0 fully saturated rings. The summed E-state index contributed by atoms with van der Waals surface area (Å²) in [6.45, 7) is 0. The highest BCUT2D eigenvalue weighted by molar-refractivity contribution is 6.04. The van der Waals surface area contributed by atoms with Crippen LogP contribution in [0.5, 0.6) is 0 Å². The van der Waals surface area contributed by atoms with Crippen LogP contribution in [0.1, 0.15) is 40.2 Å². The maximum Gasteiger partial charge on any atom is 0.435 e. The number of hydrogen-bond acceptors (Lipinski definition) is 3. The topological polar surface area (TPSA) is 59.8 Å². The van der Waals surface area contributed by atoms with Gasteiger partial charge in [-0.2, -0.15) is 18.3 Å². The van der Waals surface area contributed by atoms with Crippen molar-refractivity contribution in [2.24, 2.45) is 0 Å². The number of hydrogen-bond donors (Lipinski definition) is 1. The normalized spacial score (nSPS) is 13.8. The number of halogens is 3. The molecule has 0 aliphatic heterocycles. The van der Waals surface area contributed by atoms with Crippen LogP contribution in [-0.4, -0.2) is 20.7 Å². The number of anilines is 1. The Kier molecular flexibility index (Phi) is 4.62. The molecule has 0 spiro atoms. The summed E-state index contributed by atoms with van der Waals surface area (Å²) < 4.78 is 41.4. The molecule has 0 bridgehead atoms. The molecular formula is C20H17F3N4O. The van der Waals surface area contributed by atoms with Crippen molar-refractivity contribution in [1.29, 1.82) is 0 Å². The van der Waals surface area contributed by atoms with E-state index in [2.05, 4.69) is 15.4 Å². The first-order chi connectivity index (χ1) is 13.4. The molecule has 144 valence electrons. The Hall–Kier alpha value is -3.16. The van der Waals surface area contributed by atoms with Crippen molar-refractivity contribution >= 4 is 11.6 Å². The van der Waals surface area contributed by atoms with Crippen LogP contribution < -0.4 is 5.32 Å². The second kappa shape index (κ2) is 7.10. The summed E-state index contributed by atoms with van der Waals surface area (Å²) in [6, 6.07) is 9.72. The molecule has 0 radical (unpaired) electrons. The van der Waals surface area contributed by atoms with Crippen molar-refractivity contribution in [1.82, 2.24) is 14.8 Å². The number of fused-ring (bicyclic) bond motifs is 1. The Bertz CT molecular complexity index is 995. The second-order valence-electron chi connectivity index (χ2n) is 6.63. The van der Waals surface area contributed by atoms with Gasteiger partial charge in [-0.05, 0) is 62.1 Å². The molecule has 1 aromatic carbocycles. The van der Waals surface area contributed by atoms with E-state index >= 15 is 0 Å². The van der Waals surface area contributed by atoms with E-state index in [1.54, 1.807) is 48.8 Å². The van der Waals surface area contributed by atoms with Crippen molar-refractivity contribution in [3.63, 3.8) is 0 Å². The van der Waals surface area contributed by atoms with Crippen LogP contribution >= 0.6 is 0 Å². The molecule has 1 aliphatic carbocycles. The largest absolute Gasteiger partial charge is 0.435 e. The Morgan fingerprint density at radius 2 is 1.68 bits per heavy atom. The number of benzene rings is 1. The molecule has 5 nitrogen and oxygen atoms in total. The molecule has 0 atom stereocenters. The molecule has 28 heavy (non-hydrogen) atoms. The monoisotopic (exact) mass is 386 g/mol. The number of carbonyl (C=O) groups is 1. The lowest BCUT2D eigenvalue weighted by Gasteiger charge is -2.15. The van der Waals surface area contributed by atoms with E-state index in [0.29, 0.717) is 41.0 Å². The van der Waals surface area contributed by atoms with E-state index in [4.69, 9.17) is 0 Å². The summed E-state index contributed by atoms with van der Waals surface area (Å²) in [7, 11) is 0. The van der Waals surface area contributed by atoms with Crippen molar-refractivity contribution in [2.75, 3.05) is 5.32 Å². The summed E-state index contributed by atoms with van der Waals surface area (Å²) in [4.78, 5) is 16.2. The van der Waals surface area contributed by atoms with Gasteiger partial charge in [0.2, 0.25) is 0 Å². The fraction of sp³-hybridized carbons (Fsp3) is 0.250. The predicted molar refractivity (Wildman–Crippen MR) is 97.4 cm³/mol. The minimum atomic E-state index is -4.48. The zero-order chi connectivity index (χ0) is 19.7. The van der Waals surface area contributed by atoms with Crippen LogP contribution in [0.3, 0.4) is 0 Å². The van der Waals surface area contributed by atoms with Crippen molar-refractivity contribution in [3.05, 3.63) is 71.3 Å². The van der Waals surface area contributed by atoms with Crippen LogP contribution in [0.2, 0.25) is 0 Å². The average Bonchev–Trinajstić information content (AvgIpc) is 3.09. The molecule has 0 unspecified atom stereocenters. The molecule has 0 saturated heterocycles. The minimum absolute atomic E-state index is 0.290. The van der Waals surface area contributed by atoms with E-state index in [9.17, 15) is 18.0 Å². The summed E-state index contributed by atoms with van der Waals surface area (Å²) in [6.07, 6.45) is 1.17. The lowest BCUT2D eigenvalue weighted by molar-refractivity contribution is -0.142. The molecule has 3 aromatic rings. The van der Waals surface area contributed by atoms with Gasteiger partial charge in [-0.3, -0.25) is 9.78 Å². The number of amides is 1. The Morgan fingerprint density at radius 1 is 1.00 bits per heavy atom. The van der Waals surface area contributed by atoms with Gasteiger partial charge in [-0.1, -0.05) is 0 Å². The Balaban J connectivity index is 1.62. The SMILES string of the molecule is O=C(Nc1ccncc1)c1ccc(-n2nc(C(F)(F)F)c3c2CCCC3)cc1. The highest BCUT2D eigenvalue weighted by Crippen LogP contribution is 2.36. The maximum absolute atomic E-state index is 13.3. The van der Waals surface area contributed by atoms with Gasteiger partial charge < -0.3 is 5.32 Å². The number of alkyl halides is 3. The lowest BCUT2D eigenvalue weighted by Crippen LogP contribution is -2.12. The summed E-state index contributed by atoms with van der Waals surface area (Å²) in [5.41, 5.74) is 1.61. The number of rotatable bonds is 3. The van der Waals surface area contributed by atoms with Gasteiger partial charge in [0.05, 0.1) is 5.69 Å². The summed E-state index contributed by atoms with van der Waals surface area (Å²) in [5, 5.41) is 6.60. The van der Waals surface area contributed by atoms with Crippen molar-refractivity contribution < 1.29 is 18.0 Å². The van der Waals surface area contributed by atoms with Crippen LogP contribution in [0.4, 0.5) is 18.9 Å². The van der Waals surface area contributed by atoms with Gasteiger partial charge in [-0.25, -0.2) is 4.68 Å². The molecule has 8 heteroatoms. The Morgan fingerprint density at radius 3 is 2.36 bits per heavy atom. The molecular weight excluding hydrogens is 369 g/mol. The molecule has 4 rings (SSSR count). The van der Waals surface area contributed by atoms with E-state index in [1.807, 2.05) is 0 Å². The van der Waals surface area contributed by atoms with E-state index in [-0.39, 0.29) is 5.91 Å². The van der Waals surface area contributed by atoms with E-state index in [0.717, 1.165) is 12.8 Å². The van der Waals surface area contributed by atoms with Crippen LogP contribution in [0.25, 0.3) is 5.69 Å². The zero-order valence-corrected chi connectivity index (χ0v) is 14.8.